The van der Waals surface area contributed by atoms with Crippen LogP contribution in [0.3, 0.4) is 0 Å². The lowest BCUT2D eigenvalue weighted by atomic mass is 10.2. The quantitative estimate of drug-likeness (QED) is 0.913. The standard InChI is InChI=1S/C13H18ClN5/c1-9(2)4-15-5-11-6-16-13(17-7-11)19-8-12(14)10(3)18-19/h6-9,15H,4-5H2,1-3H3. The highest BCUT2D eigenvalue weighted by atomic mass is 35.5. The van der Waals surface area contributed by atoms with Crippen molar-refractivity contribution in [1.29, 1.82) is 0 Å². The molecule has 0 radical (unpaired) electrons. The molecule has 0 amide bonds. The number of rotatable bonds is 5. The molecule has 0 saturated carbocycles. The summed E-state index contributed by atoms with van der Waals surface area (Å²) >= 11 is 5.96. The molecule has 0 unspecified atom stereocenters. The van der Waals surface area contributed by atoms with Crippen LogP contribution in [-0.2, 0) is 6.54 Å². The van der Waals surface area contributed by atoms with E-state index in [0.29, 0.717) is 16.9 Å². The van der Waals surface area contributed by atoms with Crippen molar-refractivity contribution in [2.45, 2.75) is 27.3 Å². The third-order valence-corrected chi connectivity index (χ3v) is 2.99. The zero-order valence-corrected chi connectivity index (χ0v) is 12.1. The topological polar surface area (TPSA) is 55.6 Å². The molecule has 0 saturated heterocycles. The highest BCUT2D eigenvalue weighted by molar-refractivity contribution is 6.31. The second-order valence-corrected chi connectivity index (χ2v) is 5.33. The molecule has 0 aromatic carbocycles. The summed E-state index contributed by atoms with van der Waals surface area (Å²) in [6.45, 7) is 7.96. The first-order chi connectivity index (χ1) is 9.06. The number of nitrogens with one attached hydrogen (secondary N) is 1. The first kappa shape index (κ1) is 14.0. The van der Waals surface area contributed by atoms with Crippen molar-refractivity contribution >= 4 is 11.6 Å². The minimum Gasteiger partial charge on any atom is -0.312 e. The number of nitrogens with zero attached hydrogens (tertiary/aromatic N) is 4. The lowest BCUT2D eigenvalue weighted by molar-refractivity contribution is 0.551. The van der Waals surface area contributed by atoms with Gasteiger partial charge in [-0.1, -0.05) is 25.4 Å². The van der Waals surface area contributed by atoms with Crippen molar-refractivity contribution in [3.05, 3.63) is 34.9 Å². The maximum atomic E-state index is 5.96. The SMILES string of the molecule is Cc1nn(-c2ncc(CNCC(C)C)cn2)cc1Cl. The van der Waals surface area contributed by atoms with Crippen LogP contribution in [0.2, 0.25) is 5.02 Å². The molecule has 2 aromatic rings. The molecule has 6 heteroatoms. The number of aromatic nitrogens is 4. The summed E-state index contributed by atoms with van der Waals surface area (Å²) in [6, 6.07) is 0. The molecule has 0 atom stereocenters. The monoisotopic (exact) mass is 279 g/mol. The summed E-state index contributed by atoms with van der Waals surface area (Å²) in [6.07, 6.45) is 5.32. The van der Waals surface area contributed by atoms with Gasteiger partial charge in [-0.05, 0) is 19.4 Å². The summed E-state index contributed by atoms with van der Waals surface area (Å²) < 4.78 is 1.59. The van der Waals surface area contributed by atoms with Crippen molar-refractivity contribution in [3.63, 3.8) is 0 Å². The van der Waals surface area contributed by atoms with E-state index in [0.717, 1.165) is 24.3 Å². The van der Waals surface area contributed by atoms with Crippen LogP contribution in [0.4, 0.5) is 0 Å². The largest absolute Gasteiger partial charge is 0.312 e. The van der Waals surface area contributed by atoms with Gasteiger partial charge in [0.05, 0.1) is 16.9 Å². The Hall–Kier alpha value is -1.46. The highest BCUT2D eigenvalue weighted by Gasteiger charge is 2.06. The second-order valence-electron chi connectivity index (χ2n) is 4.92. The summed E-state index contributed by atoms with van der Waals surface area (Å²) in [5.41, 5.74) is 1.83. The summed E-state index contributed by atoms with van der Waals surface area (Å²) in [7, 11) is 0. The molecule has 0 bridgehead atoms. The van der Waals surface area contributed by atoms with Gasteiger partial charge in [0.1, 0.15) is 0 Å². The molecule has 0 aliphatic rings. The van der Waals surface area contributed by atoms with E-state index < -0.39 is 0 Å². The van der Waals surface area contributed by atoms with Crippen LogP contribution in [0, 0.1) is 12.8 Å². The van der Waals surface area contributed by atoms with E-state index in [1.807, 2.05) is 6.92 Å². The van der Waals surface area contributed by atoms with Gasteiger partial charge in [0, 0.05) is 24.5 Å². The van der Waals surface area contributed by atoms with Gasteiger partial charge >= 0.3 is 0 Å². The molecule has 2 rings (SSSR count). The number of hydrogen-bond donors (Lipinski definition) is 1. The van der Waals surface area contributed by atoms with E-state index >= 15 is 0 Å². The Morgan fingerprint density at radius 3 is 2.53 bits per heavy atom. The van der Waals surface area contributed by atoms with Gasteiger partial charge in [0.2, 0.25) is 5.95 Å². The number of aryl methyl sites for hydroxylation is 1. The number of halogens is 1. The maximum Gasteiger partial charge on any atom is 0.250 e. The van der Waals surface area contributed by atoms with Crippen LogP contribution >= 0.6 is 11.6 Å². The van der Waals surface area contributed by atoms with Crippen molar-refractivity contribution in [3.8, 4) is 5.95 Å². The van der Waals surface area contributed by atoms with Crippen LogP contribution in [0.25, 0.3) is 5.95 Å². The molecule has 0 fully saturated rings. The van der Waals surface area contributed by atoms with Crippen LogP contribution in [-0.4, -0.2) is 26.3 Å². The molecular formula is C13H18ClN5. The molecular weight excluding hydrogens is 262 g/mol. The molecule has 2 heterocycles. The van der Waals surface area contributed by atoms with Crippen LogP contribution < -0.4 is 5.32 Å². The third-order valence-electron chi connectivity index (χ3n) is 2.62. The third kappa shape index (κ3) is 3.75. The van der Waals surface area contributed by atoms with Gasteiger partial charge in [0.15, 0.2) is 0 Å². The average molecular weight is 280 g/mol. The first-order valence-corrected chi connectivity index (χ1v) is 6.68. The summed E-state index contributed by atoms with van der Waals surface area (Å²) in [4.78, 5) is 8.58. The molecule has 0 spiro atoms. The van der Waals surface area contributed by atoms with E-state index in [1.165, 1.54) is 0 Å². The lowest BCUT2D eigenvalue weighted by Gasteiger charge is -2.07. The van der Waals surface area contributed by atoms with Gasteiger partial charge in [-0.3, -0.25) is 0 Å². The van der Waals surface area contributed by atoms with Gasteiger partial charge in [-0.25, -0.2) is 14.6 Å². The molecule has 19 heavy (non-hydrogen) atoms. The highest BCUT2D eigenvalue weighted by Crippen LogP contribution is 2.14. The number of hydrogen-bond acceptors (Lipinski definition) is 4. The first-order valence-electron chi connectivity index (χ1n) is 6.30. The van der Waals surface area contributed by atoms with E-state index in [-0.39, 0.29) is 0 Å². The molecule has 1 N–H and O–H groups in total. The predicted molar refractivity (Wildman–Crippen MR) is 75.4 cm³/mol. The van der Waals surface area contributed by atoms with Crippen LogP contribution in [0.15, 0.2) is 18.6 Å². The summed E-state index contributed by atoms with van der Waals surface area (Å²) in [5.74, 6) is 1.16. The molecule has 2 aromatic heterocycles. The zero-order valence-electron chi connectivity index (χ0n) is 11.4. The van der Waals surface area contributed by atoms with Crippen LogP contribution in [0.5, 0.6) is 0 Å². The van der Waals surface area contributed by atoms with Gasteiger partial charge in [-0.15, -0.1) is 0 Å². The van der Waals surface area contributed by atoms with Crippen molar-refractivity contribution in [2.24, 2.45) is 5.92 Å². The van der Waals surface area contributed by atoms with Crippen molar-refractivity contribution in [2.75, 3.05) is 6.54 Å². The van der Waals surface area contributed by atoms with E-state index in [9.17, 15) is 0 Å². The Bertz CT molecular complexity index is 513. The Kier molecular flexibility index (Phi) is 4.50. The fraction of sp³-hybridized carbons (Fsp3) is 0.462. The lowest BCUT2D eigenvalue weighted by Crippen LogP contribution is -2.19. The van der Waals surface area contributed by atoms with E-state index in [1.54, 1.807) is 23.3 Å². The van der Waals surface area contributed by atoms with Crippen LogP contribution in [0.1, 0.15) is 25.1 Å². The minimum absolute atomic E-state index is 0.530. The Morgan fingerprint density at radius 1 is 1.32 bits per heavy atom. The van der Waals surface area contributed by atoms with Gasteiger partial charge in [-0.2, -0.15) is 5.10 Å². The van der Waals surface area contributed by atoms with Gasteiger partial charge < -0.3 is 5.32 Å². The summed E-state index contributed by atoms with van der Waals surface area (Å²) in [5, 5.41) is 8.21. The van der Waals surface area contributed by atoms with Crippen molar-refractivity contribution < 1.29 is 0 Å². The fourth-order valence-electron chi connectivity index (χ4n) is 1.60. The van der Waals surface area contributed by atoms with E-state index in [4.69, 9.17) is 11.6 Å². The molecule has 0 aliphatic heterocycles. The second kappa shape index (κ2) is 6.12. The Labute approximate surface area is 118 Å². The minimum atomic E-state index is 0.530. The smallest absolute Gasteiger partial charge is 0.250 e. The molecule has 0 aliphatic carbocycles. The molecule has 5 nitrogen and oxygen atoms in total. The Balaban J connectivity index is 2.02. The zero-order chi connectivity index (χ0) is 13.8. The Morgan fingerprint density at radius 2 is 2.00 bits per heavy atom. The average Bonchev–Trinajstić information content (AvgIpc) is 2.70. The normalized spacial score (nSPS) is 11.2. The predicted octanol–water partition coefficient (Wildman–Crippen LogP) is 2.37. The fourth-order valence-corrected chi connectivity index (χ4v) is 1.73. The maximum absolute atomic E-state index is 5.96. The molecule has 102 valence electrons. The van der Waals surface area contributed by atoms with Gasteiger partial charge in [0.25, 0.3) is 0 Å². The van der Waals surface area contributed by atoms with Crippen molar-refractivity contribution in [1.82, 2.24) is 25.1 Å². The van der Waals surface area contributed by atoms with E-state index in [2.05, 4.69) is 34.2 Å².